The van der Waals surface area contributed by atoms with Gasteiger partial charge in [0.2, 0.25) is 0 Å². The average molecular weight is 350 g/mol. The number of thiophene rings is 1. The van der Waals surface area contributed by atoms with Crippen LogP contribution >= 0.6 is 27.3 Å². The predicted octanol–water partition coefficient (Wildman–Crippen LogP) is 4.53. The molecule has 3 rings (SSSR count). The van der Waals surface area contributed by atoms with E-state index in [9.17, 15) is 4.79 Å². The number of hydrogen-bond donors (Lipinski definition) is 0. The molecule has 5 heteroatoms. The number of carbonyl (C=O) groups excluding carboxylic acids is 1. The van der Waals surface area contributed by atoms with Crippen LogP contribution in [0.5, 0.6) is 0 Å². The van der Waals surface area contributed by atoms with Crippen molar-refractivity contribution in [3.63, 3.8) is 0 Å². The van der Waals surface area contributed by atoms with Gasteiger partial charge < -0.3 is 9.32 Å². The maximum absolute atomic E-state index is 12.5. The second-order valence-corrected chi connectivity index (χ2v) is 6.86. The van der Waals surface area contributed by atoms with Crippen molar-refractivity contribution in [3.05, 3.63) is 56.9 Å². The zero-order valence-electron chi connectivity index (χ0n) is 10.8. The average Bonchev–Trinajstić information content (AvgIpc) is 3.04. The number of fused-ring (bicyclic) bond motifs is 1. The van der Waals surface area contributed by atoms with Crippen LogP contribution in [0, 0.1) is 0 Å². The van der Waals surface area contributed by atoms with Crippen molar-refractivity contribution in [1.29, 1.82) is 0 Å². The van der Waals surface area contributed by atoms with Crippen LogP contribution < -0.4 is 0 Å². The van der Waals surface area contributed by atoms with Gasteiger partial charge in [0.15, 0.2) is 0 Å². The molecule has 0 bridgehead atoms. The summed E-state index contributed by atoms with van der Waals surface area (Å²) in [5.74, 6) is -0.0303. The Balaban J connectivity index is 1.84. The van der Waals surface area contributed by atoms with Gasteiger partial charge in [0.25, 0.3) is 5.91 Å². The number of nitrogens with zero attached hydrogens (tertiary/aromatic N) is 1. The fraction of sp³-hybridized carbons (Fsp3) is 0.133. The summed E-state index contributed by atoms with van der Waals surface area (Å²) < 4.78 is 6.49. The maximum atomic E-state index is 12.5. The van der Waals surface area contributed by atoms with Gasteiger partial charge in [-0.3, -0.25) is 4.79 Å². The van der Waals surface area contributed by atoms with Crippen LogP contribution in [0.1, 0.15) is 15.9 Å². The molecule has 0 atom stereocenters. The minimum Gasteiger partial charge on any atom is -0.463 e. The van der Waals surface area contributed by atoms with Crippen molar-refractivity contribution in [1.82, 2.24) is 4.90 Å². The number of carbonyl (C=O) groups is 1. The quantitative estimate of drug-likeness (QED) is 0.695. The highest BCUT2D eigenvalue weighted by Crippen LogP contribution is 2.24. The van der Waals surface area contributed by atoms with Crippen molar-refractivity contribution in [2.45, 2.75) is 6.54 Å². The van der Waals surface area contributed by atoms with Gasteiger partial charge in [-0.15, -0.1) is 11.3 Å². The number of furan rings is 1. The summed E-state index contributed by atoms with van der Waals surface area (Å²) in [6, 6.07) is 9.60. The molecule has 0 aliphatic rings. The third kappa shape index (κ3) is 2.51. The second kappa shape index (κ2) is 5.42. The normalized spacial score (nSPS) is 10.9. The standard InChI is InChI=1S/C15H12BrNO2S/c1-17(7-10-6-14(16)20-9-10)15(18)12-8-19-13-5-3-2-4-11(12)13/h2-6,8-9H,7H2,1H3. The van der Waals surface area contributed by atoms with Crippen molar-refractivity contribution in [3.8, 4) is 0 Å². The van der Waals surface area contributed by atoms with E-state index in [4.69, 9.17) is 4.42 Å². The summed E-state index contributed by atoms with van der Waals surface area (Å²) >= 11 is 5.05. The number of benzene rings is 1. The molecule has 3 aromatic rings. The number of halogens is 1. The molecule has 1 amide bonds. The van der Waals surface area contributed by atoms with E-state index in [1.54, 1.807) is 23.3 Å². The Morgan fingerprint density at radius 1 is 1.40 bits per heavy atom. The van der Waals surface area contributed by atoms with E-state index in [1.165, 1.54) is 6.26 Å². The van der Waals surface area contributed by atoms with E-state index in [1.807, 2.05) is 35.7 Å². The molecule has 0 radical (unpaired) electrons. The van der Waals surface area contributed by atoms with Crippen LogP contribution in [0.15, 0.2) is 50.2 Å². The molecule has 1 aromatic carbocycles. The first-order chi connectivity index (χ1) is 9.65. The number of hydrogen-bond acceptors (Lipinski definition) is 3. The summed E-state index contributed by atoms with van der Waals surface area (Å²) in [6.07, 6.45) is 1.53. The molecule has 0 spiro atoms. The summed E-state index contributed by atoms with van der Waals surface area (Å²) in [7, 11) is 1.80. The predicted molar refractivity (Wildman–Crippen MR) is 84.0 cm³/mol. The highest BCUT2D eigenvalue weighted by molar-refractivity contribution is 9.11. The molecule has 0 N–H and O–H groups in total. The Bertz CT molecular complexity index is 762. The number of para-hydroxylation sites is 1. The SMILES string of the molecule is CN(Cc1csc(Br)c1)C(=O)c1coc2ccccc12. The molecule has 20 heavy (non-hydrogen) atoms. The molecule has 2 aromatic heterocycles. The minimum atomic E-state index is -0.0303. The molecular formula is C15H12BrNO2S. The lowest BCUT2D eigenvalue weighted by atomic mass is 10.1. The van der Waals surface area contributed by atoms with Gasteiger partial charge in [-0.2, -0.15) is 0 Å². The molecule has 3 nitrogen and oxygen atoms in total. The third-order valence-corrected chi connectivity index (χ3v) is 4.65. The minimum absolute atomic E-state index is 0.0303. The van der Waals surface area contributed by atoms with Gasteiger partial charge in [0.05, 0.1) is 9.35 Å². The molecular weight excluding hydrogens is 338 g/mol. The van der Waals surface area contributed by atoms with Crippen molar-refractivity contribution in [2.75, 3.05) is 7.05 Å². The van der Waals surface area contributed by atoms with Crippen LogP contribution in [0.4, 0.5) is 0 Å². The molecule has 2 heterocycles. The monoisotopic (exact) mass is 349 g/mol. The van der Waals surface area contributed by atoms with E-state index in [0.717, 1.165) is 20.3 Å². The van der Waals surface area contributed by atoms with Gasteiger partial charge in [-0.05, 0) is 39.0 Å². The summed E-state index contributed by atoms with van der Waals surface area (Å²) in [4.78, 5) is 14.2. The van der Waals surface area contributed by atoms with Gasteiger partial charge in [0, 0.05) is 19.0 Å². The first-order valence-corrected chi connectivity index (χ1v) is 7.77. The van der Waals surface area contributed by atoms with Crippen LogP contribution in [-0.2, 0) is 6.54 Å². The maximum Gasteiger partial charge on any atom is 0.257 e. The Hall–Kier alpha value is -1.59. The van der Waals surface area contributed by atoms with E-state index < -0.39 is 0 Å². The topological polar surface area (TPSA) is 33.5 Å². The fourth-order valence-corrected chi connectivity index (χ4v) is 3.32. The molecule has 0 aliphatic carbocycles. The molecule has 0 aliphatic heterocycles. The van der Waals surface area contributed by atoms with Gasteiger partial charge in [-0.25, -0.2) is 0 Å². The fourth-order valence-electron chi connectivity index (χ4n) is 2.12. The van der Waals surface area contributed by atoms with Crippen molar-refractivity contribution in [2.24, 2.45) is 0 Å². The lowest BCUT2D eigenvalue weighted by molar-refractivity contribution is 0.0786. The van der Waals surface area contributed by atoms with Crippen LogP contribution in [-0.4, -0.2) is 17.9 Å². The molecule has 0 saturated carbocycles. The largest absolute Gasteiger partial charge is 0.463 e. The van der Waals surface area contributed by atoms with Gasteiger partial charge in [-0.1, -0.05) is 18.2 Å². The van der Waals surface area contributed by atoms with Gasteiger partial charge >= 0.3 is 0 Å². The molecule has 0 saturated heterocycles. The van der Waals surface area contributed by atoms with E-state index >= 15 is 0 Å². The Kier molecular flexibility index (Phi) is 3.63. The third-order valence-electron chi connectivity index (χ3n) is 3.10. The number of amides is 1. The van der Waals surface area contributed by atoms with Crippen molar-refractivity contribution < 1.29 is 9.21 Å². The Labute approximate surface area is 128 Å². The summed E-state index contributed by atoms with van der Waals surface area (Å²) in [5, 5.41) is 2.90. The summed E-state index contributed by atoms with van der Waals surface area (Å²) in [5.41, 5.74) is 2.46. The zero-order chi connectivity index (χ0) is 14.1. The second-order valence-electron chi connectivity index (χ2n) is 4.57. The molecule has 0 unspecified atom stereocenters. The zero-order valence-corrected chi connectivity index (χ0v) is 13.2. The van der Waals surface area contributed by atoms with Crippen LogP contribution in [0.2, 0.25) is 0 Å². The first-order valence-electron chi connectivity index (χ1n) is 6.10. The lowest BCUT2D eigenvalue weighted by Gasteiger charge is -2.15. The van der Waals surface area contributed by atoms with Crippen molar-refractivity contribution >= 4 is 44.1 Å². The highest BCUT2D eigenvalue weighted by Gasteiger charge is 2.17. The van der Waals surface area contributed by atoms with Crippen LogP contribution in [0.25, 0.3) is 11.0 Å². The highest BCUT2D eigenvalue weighted by atomic mass is 79.9. The first kappa shape index (κ1) is 13.4. The smallest absolute Gasteiger partial charge is 0.257 e. The van der Waals surface area contributed by atoms with E-state index in [2.05, 4.69) is 15.9 Å². The molecule has 0 fully saturated rings. The van der Waals surface area contributed by atoms with Crippen LogP contribution in [0.3, 0.4) is 0 Å². The summed E-state index contributed by atoms with van der Waals surface area (Å²) in [6.45, 7) is 0.584. The van der Waals surface area contributed by atoms with E-state index in [0.29, 0.717) is 12.1 Å². The number of rotatable bonds is 3. The Morgan fingerprint density at radius 3 is 2.95 bits per heavy atom. The molecule has 102 valence electrons. The van der Waals surface area contributed by atoms with E-state index in [-0.39, 0.29) is 5.91 Å². The van der Waals surface area contributed by atoms with Gasteiger partial charge in [0.1, 0.15) is 11.8 Å². The Morgan fingerprint density at radius 2 is 2.20 bits per heavy atom. The lowest BCUT2D eigenvalue weighted by Crippen LogP contribution is -2.25.